The summed E-state index contributed by atoms with van der Waals surface area (Å²) in [5.74, 6) is 0.524. The minimum absolute atomic E-state index is 0.0135. The molecule has 0 aromatic carbocycles. The monoisotopic (exact) mass is 394 g/mol. The lowest BCUT2D eigenvalue weighted by Gasteiger charge is -2.40. The van der Waals surface area contributed by atoms with Gasteiger partial charge in [-0.25, -0.2) is 8.42 Å². The number of aromatic nitrogens is 2. The third kappa shape index (κ3) is 3.56. The van der Waals surface area contributed by atoms with Crippen LogP contribution >= 0.6 is 11.3 Å². The molecule has 0 spiro atoms. The van der Waals surface area contributed by atoms with E-state index in [1.807, 2.05) is 21.7 Å². The van der Waals surface area contributed by atoms with E-state index in [9.17, 15) is 13.2 Å². The second-order valence-corrected chi connectivity index (χ2v) is 9.97. The molecule has 0 radical (unpaired) electrons. The lowest BCUT2D eigenvalue weighted by Crippen LogP contribution is -2.51. The minimum Gasteiger partial charge on any atom is -0.338 e. The van der Waals surface area contributed by atoms with Crippen LogP contribution in [-0.2, 0) is 9.84 Å². The van der Waals surface area contributed by atoms with Crippen molar-refractivity contribution in [2.75, 3.05) is 37.7 Å². The summed E-state index contributed by atoms with van der Waals surface area (Å²) in [4.78, 5) is 17.1. The smallest absolute Gasteiger partial charge is 0.257 e. The molecule has 4 rings (SSSR count). The Morgan fingerprint density at radius 3 is 2.58 bits per heavy atom. The predicted octanol–water partition coefficient (Wildman–Crippen LogP) is 1.47. The maximum atomic E-state index is 12.9. The second kappa shape index (κ2) is 7.13. The number of nitrogens with one attached hydrogen (secondary N) is 1. The zero-order chi connectivity index (χ0) is 18.1. The average Bonchev–Trinajstić information content (AvgIpc) is 3.32. The molecule has 7 nitrogen and oxygen atoms in total. The van der Waals surface area contributed by atoms with Crippen LogP contribution in [0.5, 0.6) is 0 Å². The molecule has 0 bridgehead atoms. The maximum Gasteiger partial charge on any atom is 0.257 e. The molecule has 2 aliphatic rings. The molecule has 26 heavy (non-hydrogen) atoms. The maximum absolute atomic E-state index is 12.9. The molecule has 4 heterocycles. The Morgan fingerprint density at radius 2 is 1.92 bits per heavy atom. The molecule has 140 valence electrons. The van der Waals surface area contributed by atoms with E-state index in [-0.39, 0.29) is 17.4 Å². The standard InChI is InChI=1S/C17H22N4O3S2/c22-17(15-11-18-19-16(15)13-3-8-25-12-13)21-4-1-14(2-5-21)20-6-9-26(23,24)10-7-20/h3,8,11-12,14H,1-2,4-7,9-10H2,(H,18,19). The first-order valence-electron chi connectivity index (χ1n) is 8.83. The van der Waals surface area contributed by atoms with Gasteiger partial charge < -0.3 is 4.90 Å². The third-order valence-electron chi connectivity index (χ3n) is 5.33. The van der Waals surface area contributed by atoms with Gasteiger partial charge in [0.15, 0.2) is 9.84 Å². The number of amides is 1. The molecular formula is C17H22N4O3S2. The molecule has 2 saturated heterocycles. The number of carbonyl (C=O) groups is 1. The number of thiophene rings is 1. The number of sulfone groups is 1. The zero-order valence-electron chi connectivity index (χ0n) is 14.4. The van der Waals surface area contributed by atoms with E-state index < -0.39 is 9.84 Å². The summed E-state index contributed by atoms with van der Waals surface area (Å²) in [5.41, 5.74) is 2.38. The van der Waals surface area contributed by atoms with Crippen molar-refractivity contribution in [1.82, 2.24) is 20.0 Å². The quantitative estimate of drug-likeness (QED) is 0.852. The average molecular weight is 395 g/mol. The molecule has 0 saturated carbocycles. The van der Waals surface area contributed by atoms with E-state index in [2.05, 4.69) is 15.1 Å². The van der Waals surface area contributed by atoms with Crippen molar-refractivity contribution < 1.29 is 13.2 Å². The highest BCUT2D eigenvalue weighted by Crippen LogP contribution is 2.26. The van der Waals surface area contributed by atoms with Gasteiger partial charge in [0.1, 0.15) is 0 Å². The van der Waals surface area contributed by atoms with Crippen LogP contribution < -0.4 is 0 Å². The van der Waals surface area contributed by atoms with Gasteiger partial charge >= 0.3 is 0 Å². The fourth-order valence-corrected chi connectivity index (χ4v) is 5.65. The van der Waals surface area contributed by atoms with Crippen LogP contribution in [0.15, 0.2) is 23.0 Å². The van der Waals surface area contributed by atoms with Crippen molar-refractivity contribution in [1.29, 1.82) is 0 Å². The molecule has 0 atom stereocenters. The van der Waals surface area contributed by atoms with E-state index in [1.54, 1.807) is 17.5 Å². The van der Waals surface area contributed by atoms with Gasteiger partial charge in [0.25, 0.3) is 5.91 Å². The Morgan fingerprint density at radius 1 is 1.19 bits per heavy atom. The Balaban J connectivity index is 1.38. The van der Waals surface area contributed by atoms with Crippen molar-refractivity contribution in [3.05, 3.63) is 28.6 Å². The summed E-state index contributed by atoms with van der Waals surface area (Å²) in [6.07, 6.45) is 3.38. The summed E-state index contributed by atoms with van der Waals surface area (Å²) in [7, 11) is -2.85. The van der Waals surface area contributed by atoms with Gasteiger partial charge in [-0.3, -0.25) is 14.8 Å². The number of hydrogen-bond acceptors (Lipinski definition) is 6. The Labute approximate surface area is 156 Å². The Bertz CT molecular complexity index is 854. The number of rotatable bonds is 3. The summed E-state index contributed by atoms with van der Waals surface area (Å²) in [6, 6.07) is 2.35. The molecule has 1 N–H and O–H groups in total. The van der Waals surface area contributed by atoms with Crippen LogP contribution in [0.2, 0.25) is 0 Å². The summed E-state index contributed by atoms with van der Waals surface area (Å²) in [6.45, 7) is 2.62. The lowest BCUT2D eigenvalue weighted by molar-refractivity contribution is 0.0630. The molecule has 0 aliphatic carbocycles. The van der Waals surface area contributed by atoms with Gasteiger partial charge in [-0.2, -0.15) is 16.4 Å². The number of likely N-dealkylation sites (tertiary alicyclic amines) is 1. The number of nitrogens with zero attached hydrogens (tertiary/aromatic N) is 3. The van der Waals surface area contributed by atoms with Gasteiger partial charge in [0, 0.05) is 43.2 Å². The van der Waals surface area contributed by atoms with E-state index in [4.69, 9.17) is 0 Å². The highest BCUT2D eigenvalue weighted by molar-refractivity contribution is 7.91. The molecule has 2 aliphatic heterocycles. The molecule has 9 heteroatoms. The third-order valence-corrected chi connectivity index (χ3v) is 7.62. The summed E-state index contributed by atoms with van der Waals surface area (Å²) >= 11 is 1.59. The van der Waals surface area contributed by atoms with E-state index in [0.717, 1.165) is 24.1 Å². The molecule has 0 unspecified atom stereocenters. The largest absolute Gasteiger partial charge is 0.338 e. The van der Waals surface area contributed by atoms with Gasteiger partial charge in [-0.05, 0) is 24.3 Å². The molecule has 2 aromatic rings. The van der Waals surface area contributed by atoms with Crippen LogP contribution in [0.25, 0.3) is 11.3 Å². The van der Waals surface area contributed by atoms with Crippen molar-refractivity contribution in [3.8, 4) is 11.3 Å². The minimum atomic E-state index is -2.85. The molecule has 2 fully saturated rings. The Kier molecular flexibility index (Phi) is 4.85. The number of hydrogen-bond donors (Lipinski definition) is 1. The molecule has 2 aromatic heterocycles. The van der Waals surface area contributed by atoms with Gasteiger partial charge in [0.2, 0.25) is 0 Å². The first-order chi connectivity index (χ1) is 12.5. The summed E-state index contributed by atoms with van der Waals surface area (Å²) in [5, 5.41) is 11.0. The van der Waals surface area contributed by atoms with Crippen molar-refractivity contribution in [2.24, 2.45) is 0 Å². The fraction of sp³-hybridized carbons (Fsp3) is 0.529. The number of carbonyl (C=O) groups excluding carboxylic acids is 1. The van der Waals surface area contributed by atoms with Crippen molar-refractivity contribution in [3.63, 3.8) is 0 Å². The highest BCUT2D eigenvalue weighted by Gasteiger charge is 2.31. The molecule has 1 amide bonds. The first-order valence-corrected chi connectivity index (χ1v) is 11.6. The van der Waals surface area contributed by atoms with Gasteiger partial charge in [-0.15, -0.1) is 0 Å². The van der Waals surface area contributed by atoms with Crippen LogP contribution in [0.1, 0.15) is 23.2 Å². The summed E-state index contributed by atoms with van der Waals surface area (Å²) < 4.78 is 23.2. The first kappa shape index (κ1) is 17.7. The van der Waals surface area contributed by atoms with Crippen LogP contribution in [-0.4, -0.2) is 78.0 Å². The van der Waals surface area contributed by atoms with Crippen molar-refractivity contribution >= 4 is 27.1 Å². The van der Waals surface area contributed by atoms with Gasteiger partial charge in [0.05, 0.1) is 29.0 Å². The normalized spacial score (nSPS) is 21.8. The van der Waals surface area contributed by atoms with Gasteiger partial charge in [-0.1, -0.05) is 0 Å². The van der Waals surface area contributed by atoms with E-state index in [0.29, 0.717) is 37.8 Å². The topological polar surface area (TPSA) is 86.4 Å². The highest BCUT2D eigenvalue weighted by atomic mass is 32.2. The Hall–Kier alpha value is -1.71. The van der Waals surface area contributed by atoms with Crippen LogP contribution in [0.4, 0.5) is 0 Å². The van der Waals surface area contributed by atoms with Crippen molar-refractivity contribution in [2.45, 2.75) is 18.9 Å². The fourth-order valence-electron chi connectivity index (χ4n) is 3.77. The van der Waals surface area contributed by atoms with Crippen LogP contribution in [0.3, 0.4) is 0 Å². The number of piperidine rings is 1. The SMILES string of the molecule is O=C(c1cn[nH]c1-c1ccsc1)N1CCC(N2CCS(=O)(=O)CC2)CC1. The van der Waals surface area contributed by atoms with Crippen LogP contribution in [0, 0.1) is 0 Å². The second-order valence-electron chi connectivity index (χ2n) is 6.88. The van der Waals surface area contributed by atoms with E-state index >= 15 is 0 Å². The predicted molar refractivity (Wildman–Crippen MR) is 101 cm³/mol. The zero-order valence-corrected chi connectivity index (χ0v) is 16.1. The number of H-pyrrole nitrogens is 1. The van der Waals surface area contributed by atoms with E-state index in [1.165, 1.54) is 0 Å². The number of aromatic amines is 1. The lowest BCUT2D eigenvalue weighted by atomic mass is 10.0. The molecular weight excluding hydrogens is 372 g/mol.